The number of carbonyl (C=O) groups excluding carboxylic acids is 1. The minimum Gasteiger partial charge on any atom is -0.490 e. The summed E-state index contributed by atoms with van der Waals surface area (Å²) in [4.78, 5) is 20.4. The summed E-state index contributed by atoms with van der Waals surface area (Å²) in [5, 5.41) is 0.530. The zero-order chi connectivity index (χ0) is 27.2. The second-order valence-electron chi connectivity index (χ2n) is 8.31. The van der Waals surface area contributed by atoms with Gasteiger partial charge in [0.25, 0.3) is 5.91 Å². The van der Waals surface area contributed by atoms with Crippen molar-refractivity contribution in [2.75, 3.05) is 11.5 Å². The molecule has 1 aliphatic heterocycles. The van der Waals surface area contributed by atoms with Gasteiger partial charge in [-0.15, -0.1) is 0 Å². The van der Waals surface area contributed by atoms with Crippen LogP contribution in [-0.2, 0) is 14.9 Å². The molecule has 1 fully saturated rings. The maximum atomic E-state index is 13.6. The molecule has 0 spiro atoms. The van der Waals surface area contributed by atoms with Gasteiger partial charge in [0.15, 0.2) is 16.7 Å². The van der Waals surface area contributed by atoms with E-state index >= 15 is 0 Å². The van der Waals surface area contributed by atoms with Crippen LogP contribution < -0.4 is 13.8 Å². The fraction of sp³-hybridized carbons (Fsp3) is 0.0667. The Balaban J connectivity index is 1.49. The molecule has 9 heteroatoms. The average molecular weight is 557 g/mol. The van der Waals surface area contributed by atoms with E-state index in [1.54, 1.807) is 48.2 Å². The quantitative estimate of drug-likeness (QED) is 0.178. The summed E-state index contributed by atoms with van der Waals surface area (Å²) in [5.41, 5.74) is 2.08. The molecule has 0 atom stereocenters. The number of ether oxygens (including phenoxy) is 1. The summed E-state index contributed by atoms with van der Waals surface area (Å²) in [7, 11) is -4.05. The minimum atomic E-state index is -4.05. The van der Waals surface area contributed by atoms with Crippen LogP contribution in [0.2, 0.25) is 0 Å². The lowest BCUT2D eigenvalue weighted by Gasteiger charge is -2.15. The van der Waals surface area contributed by atoms with E-state index in [4.69, 9.17) is 13.9 Å². The summed E-state index contributed by atoms with van der Waals surface area (Å²) in [6.45, 7) is 2.09. The van der Waals surface area contributed by atoms with Gasteiger partial charge in [0.1, 0.15) is 4.90 Å². The van der Waals surface area contributed by atoms with Crippen LogP contribution in [0.5, 0.6) is 11.5 Å². The van der Waals surface area contributed by atoms with Gasteiger partial charge < -0.3 is 8.92 Å². The molecule has 1 saturated heterocycles. The third kappa shape index (κ3) is 6.05. The van der Waals surface area contributed by atoms with E-state index in [2.05, 4.69) is 0 Å². The predicted octanol–water partition coefficient (Wildman–Crippen LogP) is 6.66. The Bertz CT molecular complexity index is 1640. The zero-order valence-corrected chi connectivity index (χ0v) is 22.6. The highest BCUT2D eigenvalue weighted by Crippen LogP contribution is 2.38. The van der Waals surface area contributed by atoms with E-state index in [1.165, 1.54) is 30.0 Å². The maximum absolute atomic E-state index is 13.6. The van der Waals surface area contributed by atoms with Crippen LogP contribution in [0, 0.1) is 0 Å². The van der Waals surface area contributed by atoms with Crippen LogP contribution >= 0.6 is 11.8 Å². The number of nitrogens with zero attached hydrogens (tertiary/aromatic N) is 2. The molecule has 39 heavy (non-hydrogen) atoms. The van der Waals surface area contributed by atoms with Crippen molar-refractivity contribution in [3.63, 3.8) is 0 Å². The highest BCUT2D eigenvalue weighted by Gasteiger charge is 2.34. The van der Waals surface area contributed by atoms with Crippen LogP contribution in [0.1, 0.15) is 12.5 Å². The number of amides is 1. The first kappa shape index (κ1) is 26.3. The lowest BCUT2D eigenvalue weighted by atomic mass is 10.2. The molecular formula is C30H24N2O5S2. The van der Waals surface area contributed by atoms with Gasteiger partial charge in [0, 0.05) is 0 Å². The molecule has 0 saturated carbocycles. The number of aliphatic imine (C=N–C) groups is 1. The van der Waals surface area contributed by atoms with Gasteiger partial charge in [-0.2, -0.15) is 8.42 Å². The molecular weight excluding hydrogens is 532 g/mol. The minimum absolute atomic E-state index is 0.0397. The summed E-state index contributed by atoms with van der Waals surface area (Å²) in [6.07, 6.45) is 1.73. The Kier molecular flexibility index (Phi) is 7.81. The molecule has 1 heterocycles. The first-order valence-electron chi connectivity index (χ1n) is 12.1. The van der Waals surface area contributed by atoms with E-state index in [9.17, 15) is 13.2 Å². The van der Waals surface area contributed by atoms with Crippen LogP contribution in [0.3, 0.4) is 0 Å². The molecule has 0 aliphatic carbocycles. The Labute approximate surface area is 231 Å². The van der Waals surface area contributed by atoms with E-state index in [0.717, 1.165) is 5.69 Å². The number of hydrogen-bond acceptors (Lipinski definition) is 7. The van der Waals surface area contributed by atoms with Crippen molar-refractivity contribution in [2.45, 2.75) is 11.8 Å². The monoisotopic (exact) mass is 556 g/mol. The second-order valence-corrected chi connectivity index (χ2v) is 10.9. The van der Waals surface area contributed by atoms with Crippen molar-refractivity contribution >= 4 is 50.4 Å². The first-order valence-corrected chi connectivity index (χ1v) is 14.4. The SMILES string of the molecule is CCOc1cc(/C=C2/SC(=Nc3ccccc3)N(c3ccccc3)C2=O)ccc1OS(=O)(=O)c1ccccc1. The lowest BCUT2D eigenvalue weighted by Crippen LogP contribution is -2.28. The first-order chi connectivity index (χ1) is 18.9. The highest BCUT2D eigenvalue weighted by atomic mass is 32.2. The molecule has 1 aliphatic rings. The molecule has 1 amide bonds. The molecule has 0 unspecified atom stereocenters. The molecule has 0 bridgehead atoms. The molecule has 7 nitrogen and oxygen atoms in total. The Morgan fingerprint density at radius 2 is 1.49 bits per heavy atom. The van der Waals surface area contributed by atoms with Gasteiger partial charge in [0.05, 0.1) is 22.9 Å². The third-order valence-corrected chi connectivity index (χ3v) is 7.82. The average Bonchev–Trinajstić information content (AvgIpc) is 3.25. The Morgan fingerprint density at radius 3 is 2.15 bits per heavy atom. The predicted molar refractivity (Wildman–Crippen MR) is 155 cm³/mol. The largest absolute Gasteiger partial charge is 0.490 e. The van der Waals surface area contributed by atoms with Gasteiger partial charge in [0.2, 0.25) is 0 Å². The van der Waals surface area contributed by atoms with Crippen LogP contribution in [0.15, 0.2) is 124 Å². The lowest BCUT2D eigenvalue weighted by molar-refractivity contribution is -0.113. The van der Waals surface area contributed by atoms with Crippen molar-refractivity contribution in [3.05, 3.63) is 120 Å². The molecule has 0 aromatic heterocycles. The molecule has 4 aromatic carbocycles. The van der Waals surface area contributed by atoms with E-state index in [-0.39, 0.29) is 22.3 Å². The fourth-order valence-corrected chi connectivity index (χ4v) is 5.78. The Hall–Kier alpha value is -4.34. The molecule has 4 aromatic rings. The number of thioether (sulfide) groups is 1. The van der Waals surface area contributed by atoms with Gasteiger partial charge in [-0.3, -0.25) is 9.69 Å². The van der Waals surface area contributed by atoms with Gasteiger partial charge in [-0.1, -0.05) is 60.7 Å². The van der Waals surface area contributed by atoms with Crippen molar-refractivity contribution in [1.29, 1.82) is 0 Å². The normalized spacial score (nSPS) is 15.6. The molecule has 0 radical (unpaired) electrons. The number of carbonyl (C=O) groups is 1. The smallest absolute Gasteiger partial charge is 0.339 e. The summed E-state index contributed by atoms with van der Waals surface area (Å²) < 4.78 is 36.6. The third-order valence-electron chi connectivity index (χ3n) is 5.60. The van der Waals surface area contributed by atoms with Gasteiger partial charge in [-0.05, 0) is 78.9 Å². The van der Waals surface area contributed by atoms with Crippen molar-refractivity contribution < 1.29 is 22.1 Å². The summed E-state index contributed by atoms with van der Waals surface area (Å²) >= 11 is 1.26. The number of para-hydroxylation sites is 2. The summed E-state index contributed by atoms with van der Waals surface area (Å²) in [5.74, 6) is 0.0937. The summed E-state index contributed by atoms with van der Waals surface area (Å²) in [6, 6.07) is 31.5. The number of amidine groups is 1. The van der Waals surface area contributed by atoms with Crippen molar-refractivity contribution in [1.82, 2.24) is 0 Å². The van der Waals surface area contributed by atoms with Crippen LogP contribution in [-0.4, -0.2) is 26.1 Å². The number of anilines is 1. The fourth-order valence-electron chi connectivity index (χ4n) is 3.82. The molecule has 0 N–H and O–H groups in total. The van der Waals surface area contributed by atoms with Crippen molar-refractivity contribution in [2.24, 2.45) is 4.99 Å². The van der Waals surface area contributed by atoms with E-state index in [1.807, 2.05) is 60.7 Å². The topological polar surface area (TPSA) is 85.3 Å². The van der Waals surface area contributed by atoms with Gasteiger partial charge >= 0.3 is 10.1 Å². The number of rotatable bonds is 8. The van der Waals surface area contributed by atoms with E-state index in [0.29, 0.717) is 27.9 Å². The van der Waals surface area contributed by atoms with E-state index < -0.39 is 10.1 Å². The number of benzene rings is 4. The second kappa shape index (κ2) is 11.6. The van der Waals surface area contributed by atoms with Gasteiger partial charge in [-0.25, -0.2) is 4.99 Å². The molecule has 5 rings (SSSR count). The van der Waals surface area contributed by atoms with Crippen LogP contribution in [0.25, 0.3) is 6.08 Å². The van der Waals surface area contributed by atoms with Crippen molar-refractivity contribution in [3.8, 4) is 11.5 Å². The number of hydrogen-bond donors (Lipinski definition) is 0. The maximum Gasteiger partial charge on any atom is 0.339 e. The zero-order valence-electron chi connectivity index (χ0n) is 20.9. The standard InChI is InChI=1S/C30H24N2O5S2/c1-2-36-27-20-22(18-19-26(27)37-39(34,35)25-16-10-5-11-17-25)21-28-29(33)32(24-14-8-4-9-15-24)30(38-28)31-23-12-6-3-7-13-23/h3-21H,2H2,1H3/b28-21+,31-30?. The Morgan fingerprint density at radius 1 is 0.846 bits per heavy atom. The molecule has 196 valence electrons. The highest BCUT2D eigenvalue weighted by molar-refractivity contribution is 8.19. The van der Waals surface area contributed by atoms with Crippen LogP contribution in [0.4, 0.5) is 11.4 Å².